The topological polar surface area (TPSA) is 71.7 Å². The SMILES string of the molecule is CSc1nc(C#N)cc(-c2cnc(O[C@@H](C)C(F)(F)F)c(F)c2)n1. The molecule has 0 saturated carbocycles. The van der Waals surface area contributed by atoms with Gasteiger partial charge < -0.3 is 4.74 Å². The van der Waals surface area contributed by atoms with Crippen molar-refractivity contribution in [2.24, 2.45) is 0 Å². The molecule has 0 fully saturated rings. The lowest BCUT2D eigenvalue weighted by Gasteiger charge is -2.17. The molecule has 0 spiro atoms. The third kappa shape index (κ3) is 4.11. The summed E-state index contributed by atoms with van der Waals surface area (Å²) in [7, 11) is 0. The molecule has 126 valence electrons. The lowest BCUT2D eigenvalue weighted by atomic mass is 10.2. The van der Waals surface area contributed by atoms with Crippen LogP contribution in [0.15, 0.2) is 23.5 Å². The van der Waals surface area contributed by atoms with Crippen molar-refractivity contribution in [3.05, 3.63) is 29.8 Å². The Morgan fingerprint density at radius 1 is 1.29 bits per heavy atom. The van der Waals surface area contributed by atoms with E-state index in [0.717, 1.165) is 19.2 Å². The Bertz CT molecular complexity index is 791. The van der Waals surface area contributed by atoms with Gasteiger partial charge >= 0.3 is 6.18 Å². The van der Waals surface area contributed by atoms with E-state index in [2.05, 4.69) is 19.7 Å². The molecule has 5 nitrogen and oxygen atoms in total. The van der Waals surface area contributed by atoms with Gasteiger partial charge in [0.2, 0.25) is 0 Å². The molecule has 0 bridgehead atoms. The maximum absolute atomic E-state index is 14.0. The van der Waals surface area contributed by atoms with Crippen molar-refractivity contribution >= 4 is 11.8 Å². The third-order valence-corrected chi connectivity index (χ3v) is 3.40. The minimum atomic E-state index is -4.63. The predicted octanol–water partition coefficient (Wildman–Crippen LogP) is 3.60. The van der Waals surface area contributed by atoms with Crippen LogP contribution >= 0.6 is 11.8 Å². The molecular weight excluding hydrogens is 348 g/mol. The molecule has 10 heteroatoms. The van der Waals surface area contributed by atoms with E-state index in [1.165, 1.54) is 17.8 Å². The van der Waals surface area contributed by atoms with E-state index < -0.39 is 24.0 Å². The zero-order valence-corrected chi connectivity index (χ0v) is 13.2. The number of nitrogens with zero attached hydrogens (tertiary/aromatic N) is 4. The van der Waals surface area contributed by atoms with E-state index >= 15 is 0 Å². The second-order valence-electron chi connectivity index (χ2n) is 4.55. The van der Waals surface area contributed by atoms with Crippen molar-refractivity contribution in [3.63, 3.8) is 0 Å². The smallest absolute Gasteiger partial charge is 0.425 e. The van der Waals surface area contributed by atoms with Crippen molar-refractivity contribution in [1.82, 2.24) is 15.0 Å². The molecular formula is C14H10F4N4OS. The van der Waals surface area contributed by atoms with Gasteiger partial charge in [0.25, 0.3) is 5.88 Å². The van der Waals surface area contributed by atoms with E-state index in [1.54, 1.807) is 6.26 Å². The highest BCUT2D eigenvalue weighted by Gasteiger charge is 2.38. The summed E-state index contributed by atoms with van der Waals surface area (Å²) in [6, 6.07) is 4.12. The molecule has 0 radical (unpaired) electrons. The van der Waals surface area contributed by atoms with E-state index in [9.17, 15) is 17.6 Å². The molecule has 24 heavy (non-hydrogen) atoms. The summed E-state index contributed by atoms with van der Waals surface area (Å²) in [4.78, 5) is 11.6. The molecule has 2 aromatic heterocycles. The fraction of sp³-hybridized carbons (Fsp3) is 0.286. The van der Waals surface area contributed by atoms with Gasteiger partial charge in [0.1, 0.15) is 11.8 Å². The number of pyridine rings is 1. The lowest BCUT2D eigenvalue weighted by Crippen LogP contribution is -2.31. The van der Waals surface area contributed by atoms with Crippen molar-refractivity contribution in [2.45, 2.75) is 24.4 Å². The van der Waals surface area contributed by atoms with Crippen LogP contribution in [0, 0.1) is 17.1 Å². The fourth-order valence-electron chi connectivity index (χ4n) is 1.61. The molecule has 0 N–H and O–H groups in total. The van der Waals surface area contributed by atoms with Crippen LogP contribution in [0.25, 0.3) is 11.3 Å². The highest BCUT2D eigenvalue weighted by molar-refractivity contribution is 7.98. The van der Waals surface area contributed by atoms with Gasteiger partial charge in [-0.2, -0.15) is 18.4 Å². The maximum Gasteiger partial charge on any atom is 0.425 e. The summed E-state index contributed by atoms with van der Waals surface area (Å²) in [5.41, 5.74) is 0.497. The average molecular weight is 358 g/mol. The third-order valence-electron chi connectivity index (χ3n) is 2.86. The second-order valence-corrected chi connectivity index (χ2v) is 5.32. The number of thioether (sulfide) groups is 1. The fourth-order valence-corrected chi connectivity index (χ4v) is 1.99. The van der Waals surface area contributed by atoms with E-state index in [1.807, 2.05) is 6.07 Å². The average Bonchev–Trinajstić information content (AvgIpc) is 2.55. The molecule has 2 aromatic rings. The molecule has 1 atom stereocenters. The summed E-state index contributed by atoms with van der Waals surface area (Å²) in [5, 5.41) is 9.24. The maximum atomic E-state index is 14.0. The first-order chi connectivity index (χ1) is 11.2. The van der Waals surface area contributed by atoms with Gasteiger partial charge in [0.15, 0.2) is 17.1 Å². The molecule has 0 aliphatic heterocycles. The molecule has 0 aliphatic carbocycles. The highest BCUT2D eigenvalue weighted by Crippen LogP contribution is 2.28. The van der Waals surface area contributed by atoms with Crippen LogP contribution in [0.1, 0.15) is 12.6 Å². The number of hydrogen-bond donors (Lipinski definition) is 0. The molecule has 0 unspecified atom stereocenters. The van der Waals surface area contributed by atoms with Crippen LogP contribution in [0.3, 0.4) is 0 Å². The van der Waals surface area contributed by atoms with Gasteiger partial charge in [-0.05, 0) is 19.2 Å². The molecule has 0 amide bonds. The Balaban J connectivity index is 2.35. The summed E-state index contributed by atoms with van der Waals surface area (Å²) < 4.78 is 55.8. The Kier molecular flexibility index (Phi) is 5.23. The summed E-state index contributed by atoms with van der Waals surface area (Å²) in [5.74, 6) is -1.82. The number of alkyl halides is 3. The van der Waals surface area contributed by atoms with Gasteiger partial charge in [-0.15, -0.1) is 0 Å². The molecule has 2 rings (SSSR count). The van der Waals surface area contributed by atoms with Crippen LogP contribution in [0.2, 0.25) is 0 Å². The molecule has 0 saturated heterocycles. The standard InChI is InChI=1S/C14H10F4N4OS/c1-7(14(16,17)18)23-12-10(15)3-8(6-20-12)11-4-9(5-19)21-13(22-11)24-2/h3-4,6-7H,1-2H3/t7-/m0/s1. The van der Waals surface area contributed by atoms with Crippen molar-refractivity contribution in [3.8, 4) is 23.2 Å². The van der Waals surface area contributed by atoms with Crippen LogP contribution in [-0.4, -0.2) is 33.5 Å². The number of hydrogen-bond acceptors (Lipinski definition) is 6. The Morgan fingerprint density at radius 2 is 2.00 bits per heavy atom. The number of nitriles is 1. The van der Waals surface area contributed by atoms with Crippen LogP contribution in [-0.2, 0) is 0 Å². The number of ether oxygens (including phenoxy) is 1. The summed E-state index contributed by atoms with van der Waals surface area (Å²) in [6.07, 6.45) is -4.00. The Morgan fingerprint density at radius 3 is 2.54 bits per heavy atom. The molecule has 0 aliphatic rings. The van der Waals surface area contributed by atoms with Gasteiger partial charge in [-0.1, -0.05) is 11.8 Å². The van der Waals surface area contributed by atoms with Crippen LogP contribution in [0.4, 0.5) is 17.6 Å². The monoisotopic (exact) mass is 358 g/mol. The molecule has 2 heterocycles. The van der Waals surface area contributed by atoms with Gasteiger partial charge in [-0.3, -0.25) is 0 Å². The zero-order valence-electron chi connectivity index (χ0n) is 12.4. The summed E-state index contributed by atoms with van der Waals surface area (Å²) in [6.45, 7) is 0.753. The van der Waals surface area contributed by atoms with Crippen LogP contribution in [0.5, 0.6) is 5.88 Å². The first-order valence-corrected chi connectivity index (χ1v) is 7.69. The quantitative estimate of drug-likeness (QED) is 0.472. The minimum absolute atomic E-state index is 0.0794. The van der Waals surface area contributed by atoms with Gasteiger partial charge in [0, 0.05) is 17.8 Å². The predicted molar refractivity (Wildman–Crippen MR) is 77.9 cm³/mol. The van der Waals surface area contributed by atoms with E-state index in [-0.39, 0.29) is 17.0 Å². The minimum Gasteiger partial charge on any atom is -0.463 e. The lowest BCUT2D eigenvalue weighted by molar-refractivity contribution is -0.190. The van der Waals surface area contributed by atoms with Crippen molar-refractivity contribution in [2.75, 3.05) is 6.26 Å². The van der Waals surface area contributed by atoms with Gasteiger partial charge in [-0.25, -0.2) is 19.3 Å². The number of rotatable bonds is 4. The largest absolute Gasteiger partial charge is 0.463 e. The number of aromatic nitrogens is 3. The second kappa shape index (κ2) is 7.00. The number of halogens is 4. The zero-order chi connectivity index (χ0) is 17.9. The Hall–Kier alpha value is -2.41. The van der Waals surface area contributed by atoms with Gasteiger partial charge in [0.05, 0.1) is 5.69 Å². The Labute approximate surface area is 138 Å². The van der Waals surface area contributed by atoms with Crippen LogP contribution < -0.4 is 4.74 Å². The summed E-state index contributed by atoms with van der Waals surface area (Å²) >= 11 is 1.19. The first-order valence-electron chi connectivity index (χ1n) is 6.47. The highest BCUT2D eigenvalue weighted by atomic mass is 32.2. The first kappa shape index (κ1) is 17.9. The molecule has 0 aromatic carbocycles. The van der Waals surface area contributed by atoms with Crippen molar-refractivity contribution < 1.29 is 22.3 Å². The van der Waals surface area contributed by atoms with E-state index in [0.29, 0.717) is 5.16 Å². The normalized spacial score (nSPS) is 12.5. The van der Waals surface area contributed by atoms with E-state index in [4.69, 9.17) is 5.26 Å². The van der Waals surface area contributed by atoms with Crippen molar-refractivity contribution in [1.29, 1.82) is 5.26 Å².